The van der Waals surface area contributed by atoms with Crippen molar-refractivity contribution >= 4 is 5.97 Å². The summed E-state index contributed by atoms with van der Waals surface area (Å²) < 4.78 is 64.8. The standard InChI is InChI=1S/C11H9F5O3/c12-10(13,11(14,15)16)6-19-5-7-3-1-2-4-8(7)9(17)18/h1-4H,5-6H2,(H,17,18). The van der Waals surface area contributed by atoms with Crippen molar-refractivity contribution in [2.24, 2.45) is 0 Å². The number of alkyl halides is 5. The van der Waals surface area contributed by atoms with Gasteiger partial charge in [0, 0.05) is 0 Å². The van der Waals surface area contributed by atoms with Gasteiger partial charge >= 0.3 is 18.1 Å². The molecule has 0 spiro atoms. The van der Waals surface area contributed by atoms with Gasteiger partial charge in [0.05, 0.1) is 12.2 Å². The lowest BCUT2D eigenvalue weighted by Crippen LogP contribution is -2.40. The van der Waals surface area contributed by atoms with E-state index in [9.17, 15) is 26.7 Å². The molecule has 1 rings (SSSR count). The Bertz CT molecular complexity index is 456. The van der Waals surface area contributed by atoms with Gasteiger partial charge in [-0.1, -0.05) is 18.2 Å². The van der Waals surface area contributed by atoms with Crippen LogP contribution in [0.1, 0.15) is 15.9 Å². The first-order valence-corrected chi connectivity index (χ1v) is 4.98. The highest BCUT2D eigenvalue weighted by Crippen LogP contribution is 2.35. The van der Waals surface area contributed by atoms with Crippen LogP contribution in [0.3, 0.4) is 0 Å². The first kappa shape index (κ1) is 15.4. The molecule has 1 aromatic carbocycles. The van der Waals surface area contributed by atoms with E-state index in [0.717, 1.165) is 0 Å². The fraction of sp³-hybridized carbons (Fsp3) is 0.364. The van der Waals surface area contributed by atoms with Crippen molar-refractivity contribution in [2.45, 2.75) is 18.7 Å². The molecule has 8 heteroatoms. The smallest absolute Gasteiger partial charge is 0.455 e. The molecule has 0 aliphatic heterocycles. The van der Waals surface area contributed by atoms with Crippen molar-refractivity contribution in [2.75, 3.05) is 6.61 Å². The van der Waals surface area contributed by atoms with Gasteiger partial charge in [0.15, 0.2) is 0 Å². The fourth-order valence-corrected chi connectivity index (χ4v) is 1.23. The van der Waals surface area contributed by atoms with E-state index in [0.29, 0.717) is 0 Å². The van der Waals surface area contributed by atoms with Gasteiger partial charge in [-0.25, -0.2) is 4.79 Å². The topological polar surface area (TPSA) is 46.5 Å². The summed E-state index contributed by atoms with van der Waals surface area (Å²) in [6.45, 7) is -2.50. The lowest BCUT2D eigenvalue weighted by molar-refractivity contribution is -0.297. The van der Waals surface area contributed by atoms with Crippen LogP contribution >= 0.6 is 0 Å². The van der Waals surface area contributed by atoms with Gasteiger partial charge in [0.2, 0.25) is 0 Å². The van der Waals surface area contributed by atoms with Crippen LogP contribution in [-0.2, 0) is 11.3 Å². The molecular weight excluding hydrogens is 275 g/mol. The van der Waals surface area contributed by atoms with E-state index in [-0.39, 0.29) is 11.1 Å². The lowest BCUT2D eigenvalue weighted by atomic mass is 10.1. The molecule has 1 N–H and O–H groups in total. The highest BCUT2D eigenvalue weighted by molar-refractivity contribution is 5.89. The lowest BCUT2D eigenvalue weighted by Gasteiger charge is -2.19. The van der Waals surface area contributed by atoms with Gasteiger partial charge in [-0.2, -0.15) is 22.0 Å². The summed E-state index contributed by atoms with van der Waals surface area (Å²) in [5.74, 6) is -6.28. The SMILES string of the molecule is O=C(O)c1ccccc1COCC(F)(F)C(F)(F)F. The molecule has 0 aliphatic rings. The number of halogens is 5. The molecule has 0 saturated heterocycles. The van der Waals surface area contributed by atoms with Crippen LogP contribution in [0.5, 0.6) is 0 Å². The van der Waals surface area contributed by atoms with Crippen LogP contribution in [0, 0.1) is 0 Å². The molecule has 0 radical (unpaired) electrons. The number of carbonyl (C=O) groups is 1. The second kappa shape index (κ2) is 5.52. The number of benzene rings is 1. The van der Waals surface area contributed by atoms with Crippen LogP contribution in [-0.4, -0.2) is 29.8 Å². The first-order chi connectivity index (χ1) is 8.65. The summed E-state index contributed by atoms with van der Waals surface area (Å²) in [5, 5.41) is 8.77. The van der Waals surface area contributed by atoms with Crippen LogP contribution in [0.15, 0.2) is 24.3 Å². The molecule has 1 aromatic rings. The summed E-state index contributed by atoms with van der Waals surface area (Å²) in [4.78, 5) is 10.8. The average molecular weight is 284 g/mol. The summed E-state index contributed by atoms with van der Waals surface area (Å²) in [6.07, 6.45) is -5.70. The molecule has 19 heavy (non-hydrogen) atoms. The van der Waals surface area contributed by atoms with Gasteiger partial charge in [0.1, 0.15) is 6.61 Å². The second-order valence-corrected chi connectivity index (χ2v) is 3.66. The summed E-state index contributed by atoms with van der Waals surface area (Å²) in [7, 11) is 0. The summed E-state index contributed by atoms with van der Waals surface area (Å²) >= 11 is 0. The van der Waals surface area contributed by atoms with Gasteiger partial charge in [0.25, 0.3) is 0 Å². The normalized spacial score (nSPS) is 12.5. The van der Waals surface area contributed by atoms with Crippen LogP contribution in [0.4, 0.5) is 22.0 Å². The number of hydrogen-bond donors (Lipinski definition) is 1. The third-order valence-corrected chi connectivity index (χ3v) is 2.20. The van der Waals surface area contributed by atoms with E-state index in [4.69, 9.17) is 5.11 Å². The Morgan fingerprint density at radius 3 is 2.26 bits per heavy atom. The van der Waals surface area contributed by atoms with Crippen molar-refractivity contribution in [3.8, 4) is 0 Å². The molecule has 0 saturated carbocycles. The minimum atomic E-state index is -5.70. The van der Waals surface area contributed by atoms with Crippen LogP contribution in [0.25, 0.3) is 0 Å². The Morgan fingerprint density at radius 1 is 1.16 bits per heavy atom. The van der Waals surface area contributed by atoms with Gasteiger partial charge in [-0.05, 0) is 11.6 Å². The van der Waals surface area contributed by atoms with Crippen LogP contribution in [0.2, 0.25) is 0 Å². The third-order valence-electron chi connectivity index (χ3n) is 2.20. The van der Waals surface area contributed by atoms with Crippen molar-refractivity contribution in [3.63, 3.8) is 0 Å². The Kier molecular flexibility index (Phi) is 4.46. The highest BCUT2D eigenvalue weighted by atomic mass is 19.4. The second-order valence-electron chi connectivity index (χ2n) is 3.66. The molecule has 0 aromatic heterocycles. The Labute approximate surface area is 104 Å². The zero-order valence-electron chi connectivity index (χ0n) is 9.38. The largest absolute Gasteiger partial charge is 0.478 e. The number of rotatable bonds is 5. The molecule has 0 atom stereocenters. The number of hydrogen-bond acceptors (Lipinski definition) is 2. The van der Waals surface area contributed by atoms with Crippen molar-refractivity contribution in [1.29, 1.82) is 0 Å². The molecule has 0 bridgehead atoms. The molecule has 0 unspecified atom stereocenters. The van der Waals surface area contributed by atoms with Gasteiger partial charge in [-0.15, -0.1) is 0 Å². The molecule has 3 nitrogen and oxygen atoms in total. The summed E-state index contributed by atoms with van der Waals surface area (Å²) in [5.41, 5.74) is -0.189. The number of carboxylic acid groups (broad SMARTS) is 1. The van der Waals surface area contributed by atoms with E-state index in [2.05, 4.69) is 4.74 Å². The highest BCUT2D eigenvalue weighted by Gasteiger charge is 2.57. The van der Waals surface area contributed by atoms with Gasteiger partial charge in [-0.3, -0.25) is 0 Å². The summed E-state index contributed by atoms with van der Waals surface area (Å²) in [6, 6.07) is 5.29. The number of aromatic carboxylic acids is 1. The molecule has 0 heterocycles. The zero-order chi connectivity index (χ0) is 14.7. The maximum absolute atomic E-state index is 12.5. The van der Waals surface area contributed by atoms with E-state index >= 15 is 0 Å². The predicted molar refractivity (Wildman–Crippen MR) is 54.1 cm³/mol. The Hall–Kier alpha value is -1.70. The van der Waals surface area contributed by atoms with Crippen molar-refractivity contribution in [3.05, 3.63) is 35.4 Å². The number of ether oxygens (including phenoxy) is 1. The molecule has 0 fully saturated rings. The zero-order valence-corrected chi connectivity index (χ0v) is 9.38. The first-order valence-electron chi connectivity index (χ1n) is 4.98. The quantitative estimate of drug-likeness (QED) is 0.845. The third kappa shape index (κ3) is 3.88. The van der Waals surface area contributed by atoms with E-state index in [1.54, 1.807) is 0 Å². The van der Waals surface area contributed by atoms with Crippen molar-refractivity contribution < 1.29 is 36.6 Å². The monoisotopic (exact) mass is 284 g/mol. The predicted octanol–water partition coefficient (Wildman–Crippen LogP) is 3.10. The molecule has 0 amide bonds. The Balaban J connectivity index is 2.67. The van der Waals surface area contributed by atoms with E-state index in [1.165, 1.54) is 24.3 Å². The maximum atomic E-state index is 12.5. The Morgan fingerprint density at radius 2 is 1.74 bits per heavy atom. The number of carboxylic acids is 1. The average Bonchev–Trinajstić information content (AvgIpc) is 2.27. The van der Waals surface area contributed by atoms with Crippen LogP contribution < -0.4 is 0 Å². The molecule has 106 valence electrons. The maximum Gasteiger partial charge on any atom is 0.455 e. The van der Waals surface area contributed by atoms with E-state index < -0.39 is 31.3 Å². The van der Waals surface area contributed by atoms with E-state index in [1.807, 2.05) is 0 Å². The molecule has 0 aliphatic carbocycles. The van der Waals surface area contributed by atoms with Gasteiger partial charge < -0.3 is 9.84 Å². The molecular formula is C11H9F5O3. The minimum absolute atomic E-state index is 0.0213. The van der Waals surface area contributed by atoms with Crippen molar-refractivity contribution in [1.82, 2.24) is 0 Å². The minimum Gasteiger partial charge on any atom is -0.478 e. The fourth-order valence-electron chi connectivity index (χ4n) is 1.23.